The molecule has 1 aromatic carbocycles. The van der Waals surface area contributed by atoms with E-state index in [1.165, 1.54) is 0 Å². The summed E-state index contributed by atoms with van der Waals surface area (Å²) in [7, 11) is 3.18. The largest absolute Gasteiger partial charge is 0.493 e. The number of carbonyl (C=O) groups is 1. The van der Waals surface area contributed by atoms with Crippen molar-refractivity contribution in [1.82, 2.24) is 4.90 Å². The van der Waals surface area contributed by atoms with Crippen molar-refractivity contribution in [2.75, 3.05) is 27.3 Å². The zero-order chi connectivity index (χ0) is 15.8. The molecule has 0 aromatic heterocycles. The van der Waals surface area contributed by atoms with Gasteiger partial charge in [-0.15, -0.1) is 0 Å². The quantitative estimate of drug-likeness (QED) is 0.794. The van der Waals surface area contributed by atoms with Gasteiger partial charge in [-0.05, 0) is 44.5 Å². The lowest BCUT2D eigenvalue weighted by Gasteiger charge is -2.27. The van der Waals surface area contributed by atoms with Crippen molar-refractivity contribution in [3.63, 3.8) is 0 Å². The zero-order valence-electron chi connectivity index (χ0n) is 13.4. The number of nitrogens with zero attached hydrogens (tertiary/aromatic N) is 1. The predicted octanol–water partition coefficient (Wildman–Crippen LogP) is 1.83. The van der Waals surface area contributed by atoms with Gasteiger partial charge in [0.15, 0.2) is 11.5 Å². The highest BCUT2D eigenvalue weighted by Gasteiger charge is 2.17. The number of methoxy groups -OCH3 is 2. The summed E-state index contributed by atoms with van der Waals surface area (Å²) in [5.74, 6) is 1.41. The van der Waals surface area contributed by atoms with Crippen LogP contribution >= 0.6 is 0 Å². The first-order chi connectivity index (χ1) is 10.0. The lowest BCUT2D eigenvalue weighted by atomic mass is 10.1. The van der Waals surface area contributed by atoms with E-state index in [-0.39, 0.29) is 11.9 Å². The minimum Gasteiger partial charge on any atom is -0.493 e. The highest BCUT2D eigenvalue weighted by Crippen LogP contribution is 2.27. The maximum atomic E-state index is 12.4. The minimum atomic E-state index is 0.102. The monoisotopic (exact) mass is 294 g/mol. The van der Waals surface area contributed by atoms with Gasteiger partial charge in [0.1, 0.15) is 0 Å². The van der Waals surface area contributed by atoms with Crippen molar-refractivity contribution in [3.05, 3.63) is 23.8 Å². The maximum absolute atomic E-state index is 12.4. The lowest BCUT2D eigenvalue weighted by Crippen LogP contribution is -2.39. The molecule has 1 amide bonds. The number of carbonyl (C=O) groups excluding carboxylic acids is 1. The van der Waals surface area contributed by atoms with Gasteiger partial charge in [0.25, 0.3) is 0 Å². The van der Waals surface area contributed by atoms with Gasteiger partial charge >= 0.3 is 0 Å². The van der Waals surface area contributed by atoms with Crippen LogP contribution in [0.2, 0.25) is 0 Å². The van der Waals surface area contributed by atoms with E-state index in [1.54, 1.807) is 14.2 Å². The fraction of sp³-hybridized carbons (Fsp3) is 0.562. The molecule has 118 valence electrons. The molecule has 5 heteroatoms. The normalized spacial score (nSPS) is 10.6. The molecule has 0 bridgehead atoms. The van der Waals surface area contributed by atoms with Crippen LogP contribution in [0.25, 0.3) is 0 Å². The molecule has 0 atom stereocenters. The van der Waals surface area contributed by atoms with E-state index in [4.69, 9.17) is 15.2 Å². The van der Waals surface area contributed by atoms with Crippen LogP contribution in [0.4, 0.5) is 0 Å². The van der Waals surface area contributed by atoms with E-state index in [2.05, 4.69) is 0 Å². The Hall–Kier alpha value is -1.75. The van der Waals surface area contributed by atoms with Crippen LogP contribution in [-0.2, 0) is 11.2 Å². The number of hydrogen-bond acceptors (Lipinski definition) is 4. The second kappa shape index (κ2) is 8.52. The highest BCUT2D eigenvalue weighted by molar-refractivity contribution is 5.79. The molecule has 0 saturated heterocycles. The molecule has 0 aliphatic carbocycles. The summed E-state index contributed by atoms with van der Waals surface area (Å²) < 4.78 is 10.5. The summed E-state index contributed by atoms with van der Waals surface area (Å²) >= 11 is 0. The molecule has 1 aromatic rings. The Kier molecular flexibility index (Phi) is 7.02. The molecule has 21 heavy (non-hydrogen) atoms. The number of hydrogen-bond donors (Lipinski definition) is 1. The van der Waals surface area contributed by atoms with E-state index in [0.29, 0.717) is 31.0 Å². The summed E-state index contributed by atoms with van der Waals surface area (Å²) in [6.45, 7) is 5.32. The van der Waals surface area contributed by atoms with Crippen molar-refractivity contribution in [1.29, 1.82) is 0 Å². The predicted molar refractivity (Wildman–Crippen MR) is 83.8 cm³/mol. The third kappa shape index (κ3) is 4.93. The molecule has 1 rings (SSSR count). The van der Waals surface area contributed by atoms with Crippen molar-refractivity contribution in [2.24, 2.45) is 5.73 Å². The lowest BCUT2D eigenvalue weighted by molar-refractivity contribution is -0.132. The van der Waals surface area contributed by atoms with Crippen molar-refractivity contribution in [3.8, 4) is 11.5 Å². The summed E-state index contributed by atoms with van der Waals surface area (Å²) in [5, 5.41) is 0. The summed E-state index contributed by atoms with van der Waals surface area (Å²) in [6.07, 6.45) is 1.17. The Morgan fingerprint density at radius 2 is 1.90 bits per heavy atom. The molecule has 2 N–H and O–H groups in total. The van der Waals surface area contributed by atoms with Gasteiger partial charge in [-0.2, -0.15) is 0 Å². The van der Waals surface area contributed by atoms with Gasteiger partial charge in [0.05, 0.1) is 20.6 Å². The fourth-order valence-corrected chi connectivity index (χ4v) is 2.20. The van der Waals surface area contributed by atoms with E-state index in [1.807, 2.05) is 36.9 Å². The Labute approximate surface area is 127 Å². The molecule has 0 radical (unpaired) electrons. The van der Waals surface area contributed by atoms with Crippen molar-refractivity contribution >= 4 is 5.91 Å². The van der Waals surface area contributed by atoms with Crippen LogP contribution in [0.3, 0.4) is 0 Å². The number of amides is 1. The van der Waals surface area contributed by atoms with Crippen molar-refractivity contribution < 1.29 is 14.3 Å². The summed E-state index contributed by atoms with van der Waals surface area (Å²) in [6, 6.07) is 5.73. The Bertz CT molecular complexity index is 461. The Balaban J connectivity index is 2.80. The number of ether oxygens (including phenoxy) is 2. The average Bonchev–Trinajstić information content (AvgIpc) is 2.47. The second-order valence-corrected chi connectivity index (χ2v) is 5.19. The molecule has 5 nitrogen and oxygen atoms in total. The SMILES string of the molecule is COc1ccc(CC(=O)N(CCCN)C(C)C)cc1OC. The van der Waals surface area contributed by atoms with E-state index in [0.717, 1.165) is 12.0 Å². The number of nitrogens with two attached hydrogens (primary N) is 1. The summed E-state index contributed by atoms with van der Waals surface area (Å²) in [4.78, 5) is 14.3. The van der Waals surface area contributed by atoms with E-state index >= 15 is 0 Å². The fourth-order valence-electron chi connectivity index (χ4n) is 2.20. The van der Waals surface area contributed by atoms with Crippen LogP contribution in [0, 0.1) is 0 Å². The zero-order valence-corrected chi connectivity index (χ0v) is 13.4. The first kappa shape index (κ1) is 17.3. The first-order valence-electron chi connectivity index (χ1n) is 7.23. The van der Waals surface area contributed by atoms with Crippen molar-refractivity contribution in [2.45, 2.75) is 32.7 Å². The van der Waals surface area contributed by atoms with Crippen LogP contribution < -0.4 is 15.2 Å². The molecule has 0 fully saturated rings. The number of benzene rings is 1. The molecule has 0 saturated carbocycles. The van der Waals surface area contributed by atoms with Gasteiger partial charge in [0.2, 0.25) is 5.91 Å². The molecular formula is C16H26N2O3. The highest BCUT2D eigenvalue weighted by atomic mass is 16.5. The van der Waals surface area contributed by atoms with Gasteiger partial charge in [0, 0.05) is 12.6 Å². The Morgan fingerprint density at radius 1 is 1.24 bits per heavy atom. The van der Waals surface area contributed by atoms with Crippen LogP contribution in [0.5, 0.6) is 11.5 Å². The van der Waals surface area contributed by atoms with Gasteiger partial charge < -0.3 is 20.1 Å². The summed E-state index contributed by atoms with van der Waals surface area (Å²) in [5.41, 5.74) is 6.44. The molecule has 0 spiro atoms. The standard InChI is InChI=1S/C16H26N2O3/c1-12(2)18(9-5-8-17)16(19)11-13-6-7-14(20-3)15(10-13)21-4/h6-7,10,12H,5,8-9,11,17H2,1-4H3. The third-order valence-electron chi connectivity index (χ3n) is 3.35. The van der Waals surface area contributed by atoms with Gasteiger partial charge in [-0.3, -0.25) is 4.79 Å². The topological polar surface area (TPSA) is 64.8 Å². The molecule has 0 heterocycles. The molecule has 0 aliphatic rings. The third-order valence-corrected chi connectivity index (χ3v) is 3.35. The first-order valence-corrected chi connectivity index (χ1v) is 7.23. The number of rotatable bonds is 8. The molecular weight excluding hydrogens is 268 g/mol. The van der Waals surface area contributed by atoms with Crippen LogP contribution in [0.1, 0.15) is 25.8 Å². The maximum Gasteiger partial charge on any atom is 0.227 e. The van der Waals surface area contributed by atoms with E-state index in [9.17, 15) is 4.79 Å². The van der Waals surface area contributed by atoms with Crippen LogP contribution in [-0.4, -0.2) is 44.2 Å². The average molecular weight is 294 g/mol. The van der Waals surface area contributed by atoms with Crippen LogP contribution in [0.15, 0.2) is 18.2 Å². The Morgan fingerprint density at radius 3 is 2.43 bits per heavy atom. The molecule has 0 aliphatic heterocycles. The van der Waals surface area contributed by atoms with E-state index < -0.39 is 0 Å². The molecule has 0 unspecified atom stereocenters. The van der Waals surface area contributed by atoms with Gasteiger partial charge in [-0.25, -0.2) is 0 Å². The smallest absolute Gasteiger partial charge is 0.227 e. The second-order valence-electron chi connectivity index (χ2n) is 5.19. The van der Waals surface area contributed by atoms with Gasteiger partial charge in [-0.1, -0.05) is 6.07 Å². The minimum absolute atomic E-state index is 0.102.